The molecule has 0 saturated heterocycles. The van der Waals surface area contributed by atoms with Crippen LogP contribution in [0.2, 0.25) is 0 Å². The van der Waals surface area contributed by atoms with Gasteiger partial charge in [-0.15, -0.1) is 20.4 Å². The number of hydrogen-bond donors (Lipinski definition) is 21. The van der Waals surface area contributed by atoms with Crippen molar-refractivity contribution < 1.29 is 136 Å². The lowest BCUT2D eigenvalue weighted by Crippen LogP contribution is -2.61. The Morgan fingerprint density at radius 3 is 1.25 bits per heavy atom. The Kier molecular flexibility index (Phi) is 43.1. The molecule has 12 amide bonds. The van der Waals surface area contributed by atoms with Gasteiger partial charge in [-0.1, -0.05) is 84.9 Å². The van der Waals surface area contributed by atoms with Crippen molar-refractivity contribution >= 4 is 107 Å². The molecule has 5 aromatic rings. The zero-order valence-corrected chi connectivity index (χ0v) is 69.8. The van der Waals surface area contributed by atoms with E-state index in [0.717, 1.165) is 27.8 Å². The monoisotopic (exact) mass is 1790 g/mol. The number of alkyl carbamates (subject to hydrolysis) is 1. The van der Waals surface area contributed by atoms with E-state index in [0.29, 0.717) is 36.5 Å². The summed E-state index contributed by atoms with van der Waals surface area (Å²) in [7, 11) is 0. The van der Waals surface area contributed by atoms with E-state index < -0.39 is 213 Å². The second-order valence-corrected chi connectivity index (χ2v) is 29.4. The summed E-state index contributed by atoms with van der Waals surface area (Å²) in [5.41, 5.74) is 16.9. The lowest BCUT2D eigenvalue weighted by molar-refractivity contribution is -0.145. The fourth-order valence-corrected chi connectivity index (χ4v) is 13.0. The van der Waals surface area contributed by atoms with Crippen LogP contribution in [0.25, 0.3) is 22.5 Å². The van der Waals surface area contributed by atoms with Gasteiger partial charge < -0.3 is 125 Å². The molecule has 0 saturated carbocycles. The molecule has 1 aliphatic rings. The number of nitrogens with two attached hydrogens (primary N) is 2. The van der Waals surface area contributed by atoms with E-state index in [-0.39, 0.29) is 121 Å². The fraction of sp³-hybridized carbons (Fsp3) is 0.463. The molecule has 0 bridgehead atoms. The number of carbonyl (C=O) groups excluding carboxylic acids is 12. The van der Waals surface area contributed by atoms with Crippen LogP contribution in [0.4, 0.5) is 4.79 Å². The first-order valence-corrected chi connectivity index (χ1v) is 40.7. The third-order valence-electron chi connectivity index (χ3n) is 19.4. The molecule has 0 spiro atoms. The number of aromatic hydroxyl groups is 1. The van der Waals surface area contributed by atoms with Gasteiger partial charge in [0, 0.05) is 37.5 Å². The summed E-state index contributed by atoms with van der Waals surface area (Å²) < 4.78 is 16.8. The summed E-state index contributed by atoms with van der Waals surface area (Å²) in [6.07, 6.45) is -7.15. The number of phenols is 1. The van der Waals surface area contributed by atoms with Gasteiger partial charge in [0.25, 0.3) is 0 Å². The fourth-order valence-electron chi connectivity index (χ4n) is 13.0. The number of aliphatic carboxylic acids is 6. The number of rotatable bonds is 59. The lowest BCUT2D eigenvalue weighted by atomic mass is 9.98. The number of phenolic OH excluding ortho intramolecular Hbond substituents is 1. The minimum absolute atomic E-state index is 0.00710. The minimum atomic E-state index is -2.38. The molecular weight excluding hydrogens is 1680 g/mol. The van der Waals surface area contributed by atoms with Crippen molar-refractivity contribution in [3.63, 3.8) is 0 Å². The number of amides is 12. The third-order valence-corrected chi connectivity index (χ3v) is 19.4. The highest BCUT2D eigenvalue weighted by Crippen LogP contribution is 2.44. The Morgan fingerprint density at radius 2 is 0.781 bits per heavy atom. The molecule has 46 nitrogen and oxygen atoms in total. The number of hydrogen-bond acceptors (Lipinski definition) is 28. The van der Waals surface area contributed by atoms with Crippen molar-refractivity contribution in [2.24, 2.45) is 11.5 Å². The van der Waals surface area contributed by atoms with Gasteiger partial charge >= 0.3 is 41.9 Å². The summed E-state index contributed by atoms with van der Waals surface area (Å²) in [6, 6.07) is 10.3. The lowest BCUT2D eigenvalue weighted by Gasteiger charge is -2.27. The third kappa shape index (κ3) is 36.5. The molecule has 1 heterocycles. The van der Waals surface area contributed by atoms with Crippen LogP contribution >= 0.6 is 0 Å². The predicted octanol–water partition coefficient (Wildman–Crippen LogP) is -2.82. The Bertz CT molecular complexity index is 4640. The smallest absolute Gasteiger partial charge is 0.407 e. The maximum absolute atomic E-state index is 14.5. The van der Waals surface area contributed by atoms with Gasteiger partial charge in [0.05, 0.1) is 64.8 Å². The highest BCUT2D eigenvalue weighted by atomic mass is 16.6. The number of aromatic nitrogens is 4. The molecule has 0 aliphatic heterocycles. The number of carboxylic acids is 6. The number of nitrogens with one attached hydrogen (secondary N) is 12. The number of carbonyl (C=O) groups is 18. The maximum Gasteiger partial charge on any atom is 0.407 e. The summed E-state index contributed by atoms with van der Waals surface area (Å²) in [5, 5.41) is 112. The van der Waals surface area contributed by atoms with Crippen molar-refractivity contribution in [3.8, 4) is 28.3 Å². The van der Waals surface area contributed by atoms with E-state index in [4.69, 9.17) is 30.8 Å². The normalized spacial score (nSPS) is 13.4. The number of carboxylic acid groups (broad SMARTS) is 6. The van der Waals surface area contributed by atoms with Crippen molar-refractivity contribution in [1.29, 1.82) is 0 Å². The molecule has 9 atom stereocenters. The quantitative estimate of drug-likeness (QED) is 0.0175. The summed E-state index contributed by atoms with van der Waals surface area (Å²) >= 11 is 0. The van der Waals surface area contributed by atoms with E-state index in [9.17, 15) is 117 Å². The van der Waals surface area contributed by atoms with Crippen LogP contribution in [0, 0.1) is 6.92 Å². The number of benzene rings is 4. The summed E-state index contributed by atoms with van der Waals surface area (Å²) in [6.45, 7) is 0.164. The summed E-state index contributed by atoms with van der Waals surface area (Å²) in [5.74, 6) is -22.8. The topological polar surface area (TPSA) is 725 Å². The minimum Gasteiger partial charge on any atom is -0.508 e. The molecular formula is C82H106N18O28. The molecule has 1 aliphatic carbocycles. The first-order valence-electron chi connectivity index (χ1n) is 40.7. The maximum atomic E-state index is 14.5. The van der Waals surface area contributed by atoms with E-state index in [1.165, 1.54) is 24.3 Å². The average molecular weight is 1790 g/mol. The van der Waals surface area contributed by atoms with Crippen LogP contribution < -0.4 is 75.3 Å². The average Bonchev–Trinajstić information content (AvgIpc) is 1.61. The molecule has 128 heavy (non-hydrogen) atoms. The second kappa shape index (κ2) is 53.8. The Labute approximate surface area is 731 Å². The van der Waals surface area contributed by atoms with Gasteiger partial charge in [-0.05, 0) is 123 Å². The molecule has 4 aromatic carbocycles. The van der Waals surface area contributed by atoms with Gasteiger partial charge in [0.2, 0.25) is 70.8 Å². The van der Waals surface area contributed by atoms with Crippen LogP contribution in [0.1, 0.15) is 130 Å². The number of aryl methyl sites for hydroxylation is 1. The van der Waals surface area contributed by atoms with Gasteiger partial charge in [0.1, 0.15) is 73.3 Å². The van der Waals surface area contributed by atoms with E-state index in [2.05, 4.69) is 68.2 Å². The van der Waals surface area contributed by atoms with Crippen LogP contribution in [0.5, 0.6) is 5.75 Å². The second-order valence-electron chi connectivity index (χ2n) is 29.4. The molecule has 0 fully saturated rings. The number of fused-ring (bicyclic) bond motifs is 3. The number of unbranched alkanes of at least 4 members (excludes halogenated alkanes) is 3. The van der Waals surface area contributed by atoms with E-state index in [1.54, 1.807) is 31.2 Å². The number of nitrogens with zero attached hydrogens (tertiary/aromatic N) is 4. The SMILES string of the molecule is Cc1nnc(-c2ccc(CC(=O)NCCCC[C@H](NC(=O)OCC3c4ccccc4-c4ccccc43)C(=O)NCCOCCOCC(=O)N[C@@H](CC(=O)O)C(=O)N[C@@H](Cc3ccc(O)cc3)C(=O)N[C@@H](CCCCN)C(=O)N[C@@H](CC(=O)O)C(=O)N[C@@H](CC(=O)O)C(=O)N[C@@H](CC(=O)O)C(=O)N[C@@H](CC(=O)O)C(=O)N[C@@H](CCCCN)C(=O)NCCC(=O)O)cc2)nn1. The molecule has 0 radical (unpaired) electrons. The zero-order chi connectivity index (χ0) is 93.8. The van der Waals surface area contributed by atoms with E-state index in [1.807, 2.05) is 64.5 Å². The van der Waals surface area contributed by atoms with Crippen molar-refractivity contribution in [3.05, 3.63) is 125 Å². The van der Waals surface area contributed by atoms with E-state index >= 15 is 0 Å². The molecule has 1 aromatic heterocycles. The molecule has 0 unspecified atom stereocenters. The first-order chi connectivity index (χ1) is 61.1. The molecule has 6 rings (SSSR count). The zero-order valence-electron chi connectivity index (χ0n) is 69.8. The summed E-state index contributed by atoms with van der Waals surface area (Å²) in [4.78, 5) is 237. The first kappa shape index (κ1) is 103. The largest absolute Gasteiger partial charge is 0.508 e. The van der Waals surface area contributed by atoms with Crippen molar-refractivity contribution in [1.82, 2.24) is 84.2 Å². The molecule has 692 valence electrons. The number of ether oxygens (including phenoxy) is 3. The Hall–Kier alpha value is -14.3. The standard InChI is InChI=1S/C82H106N18O28/c1-45-97-99-72(100-98-45)48-23-19-47(20-24-48)37-64(102)85-30-11-8-18-56(96-82(125)128-43-54-52-14-4-2-12-50(52)51-13-3-5-15-53(51)54)74(117)87-32-33-126-34-35-127-44-65(103)88-59(38-67(106)107)77(120)91-58(36-46-21-25-49(101)26-22-46)76(119)90-57(17-7-10-29-84)75(118)92-61(40-69(110)111)79(122)94-63(42-71(114)115)81(124)95-62(41-70(112)113)80(123)93-60(39-68(108)109)78(121)89-55(16-6-9-28-83)73(116)86-31-27-66(104)105/h2-5,12-15,19-26,54-63,101H,6-11,16-18,27-44,83-84H2,1H3,(H,85,102)(H,86,116)(H,87,117)(H,88,103)(H,89,121)(H,90,119)(H,91,120)(H,92,118)(H,93,123)(H,94,122)(H,95,124)(H,96,125)(H,104,105)(H,106,107)(H,108,109)(H,110,111)(H,112,113)(H,114,115)/t55-,56-,57-,58-,59-,60-,61-,62-,63-/m0/s1. The highest BCUT2D eigenvalue weighted by molar-refractivity contribution is 6.01. The van der Waals surface area contributed by atoms with Crippen molar-refractivity contribution in [2.75, 3.05) is 65.8 Å². The Balaban J connectivity index is 1.05. The van der Waals surface area contributed by atoms with Crippen LogP contribution in [0.15, 0.2) is 97.1 Å². The van der Waals surface area contributed by atoms with Crippen molar-refractivity contribution in [2.45, 2.75) is 176 Å². The van der Waals surface area contributed by atoms with Gasteiger partial charge in [-0.3, -0.25) is 81.5 Å². The molecule has 23 N–H and O–H groups in total. The van der Waals surface area contributed by atoms with Gasteiger partial charge in [0.15, 0.2) is 5.82 Å². The van der Waals surface area contributed by atoms with Crippen LogP contribution in [-0.2, 0) is 109 Å². The highest BCUT2D eigenvalue weighted by Gasteiger charge is 2.39. The van der Waals surface area contributed by atoms with Crippen LogP contribution in [-0.4, -0.2) is 283 Å². The van der Waals surface area contributed by atoms with Gasteiger partial charge in [-0.2, -0.15) is 0 Å². The predicted molar refractivity (Wildman–Crippen MR) is 445 cm³/mol. The van der Waals surface area contributed by atoms with Crippen LogP contribution in [0.3, 0.4) is 0 Å². The Morgan fingerprint density at radius 1 is 0.383 bits per heavy atom. The molecule has 46 heteroatoms. The van der Waals surface area contributed by atoms with Gasteiger partial charge in [-0.25, -0.2) is 4.79 Å².